The van der Waals surface area contributed by atoms with E-state index in [2.05, 4.69) is 35.9 Å². The molecule has 0 saturated heterocycles. The minimum atomic E-state index is -1.23. The van der Waals surface area contributed by atoms with Crippen LogP contribution in [0.5, 0.6) is 0 Å². The number of thiol groups is 2. The second-order valence-corrected chi connectivity index (χ2v) is 6.97. The van der Waals surface area contributed by atoms with Gasteiger partial charge in [-0.25, -0.2) is 9.59 Å². The van der Waals surface area contributed by atoms with Crippen molar-refractivity contribution in [3.05, 3.63) is 0 Å². The Balaban J connectivity index is 4.38. The molecule has 2 amide bonds. The van der Waals surface area contributed by atoms with Crippen LogP contribution in [0.25, 0.3) is 0 Å². The smallest absolute Gasteiger partial charge is 0.410 e. The van der Waals surface area contributed by atoms with E-state index in [9.17, 15) is 14.4 Å². The Morgan fingerprint density at radius 1 is 1.26 bits per heavy atom. The number of nitrogens with one attached hydrogen (secondary N) is 2. The van der Waals surface area contributed by atoms with Gasteiger partial charge in [-0.3, -0.25) is 4.79 Å². The molecular formula is C13H24N2O6S2. The molecule has 0 aromatic rings. The molecule has 0 bridgehead atoms. The molecule has 23 heavy (non-hydrogen) atoms. The van der Waals surface area contributed by atoms with Crippen LogP contribution in [-0.4, -0.2) is 58.6 Å². The third-order valence-corrected chi connectivity index (χ3v) is 3.35. The summed E-state index contributed by atoms with van der Waals surface area (Å²) in [6.07, 6.45) is -1.86. The maximum absolute atomic E-state index is 11.7. The highest BCUT2D eigenvalue weighted by molar-refractivity contribution is 7.81. The van der Waals surface area contributed by atoms with E-state index in [1.807, 2.05) is 0 Å². The minimum Gasteiger partial charge on any atom is -0.480 e. The summed E-state index contributed by atoms with van der Waals surface area (Å²) in [7, 11) is 0. The van der Waals surface area contributed by atoms with E-state index in [4.69, 9.17) is 14.6 Å². The zero-order chi connectivity index (χ0) is 18.2. The van der Waals surface area contributed by atoms with Crippen LogP contribution in [0.2, 0.25) is 0 Å². The van der Waals surface area contributed by atoms with Gasteiger partial charge in [0.2, 0.25) is 12.2 Å². The number of hydrogen-bond acceptors (Lipinski definition) is 7. The predicted octanol–water partition coefficient (Wildman–Crippen LogP) is 0.671. The second-order valence-electron chi connectivity index (χ2n) is 5.46. The third kappa shape index (κ3) is 9.57. The van der Waals surface area contributed by atoms with Crippen LogP contribution in [0, 0.1) is 0 Å². The summed E-state index contributed by atoms with van der Waals surface area (Å²) >= 11 is 8.21. The molecule has 0 fully saturated rings. The van der Waals surface area contributed by atoms with Gasteiger partial charge in [0.25, 0.3) is 0 Å². The zero-order valence-corrected chi connectivity index (χ0v) is 15.3. The number of alkyl carbamates (subject to hydrolysis) is 1. The summed E-state index contributed by atoms with van der Waals surface area (Å²) in [6, 6.07) is -1.55. The molecule has 0 rings (SSSR count). The minimum absolute atomic E-state index is 0.0952. The Hall–Kier alpha value is -1.13. The summed E-state index contributed by atoms with van der Waals surface area (Å²) in [4.78, 5) is 33.8. The van der Waals surface area contributed by atoms with Crippen LogP contribution in [0.3, 0.4) is 0 Å². The highest BCUT2D eigenvalue weighted by Crippen LogP contribution is 2.18. The standard InChI is InChI=1S/C13H24N2O6S2/c1-7(16)14-9(6-22)5-20-8(2)21-12(19)15-10(11(17)18)13(3,4)23/h8-10,22-23H,5-6H2,1-4H3,(H,14,16)(H,15,19)(H,17,18). The molecule has 0 spiro atoms. The van der Waals surface area contributed by atoms with E-state index in [1.54, 1.807) is 13.8 Å². The number of carboxylic acids is 1. The van der Waals surface area contributed by atoms with Crippen LogP contribution in [0.4, 0.5) is 4.79 Å². The number of hydrogen-bond donors (Lipinski definition) is 5. The fourth-order valence-electron chi connectivity index (χ4n) is 1.56. The SMILES string of the molecule is CC(=O)NC(CS)COC(C)OC(=O)NC(C(=O)O)C(C)(C)S. The molecular weight excluding hydrogens is 344 g/mol. The van der Waals surface area contributed by atoms with Gasteiger partial charge in [0.05, 0.1) is 12.6 Å². The molecule has 3 atom stereocenters. The average Bonchev–Trinajstić information content (AvgIpc) is 2.38. The first-order chi connectivity index (χ1) is 10.5. The van der Waals surface area contributed by atoms with Gasteiger partial charge < -0.3 is 25.2 Å². The molecule has 3 unspecified atom stereocenters. The van der Waals surface area contributed by atoms with Crippen LogP contribution < -0.4 is 10.6 Å². The van der Waals surface area contributed by atoms with Gasteiger partial charge in [-0.2, -0.15) is 25.3 Å². The maximum atomic E-state index is 11.7. The Morgan fingerprint density at radius 3 is 2.22 bits per heavy atom. The van der Waals surface area contributed by atoms with Gasteiger partial charge in [-0.05, 0) is 20.8 Å². The number of amides is 2. The molecule has 134 valence electrons. The molecule has 3 N–H and O–H groups in total. The third-order valence-electron chi connectivity index (χ3n) is 2.65. The van der Waals surface area contributed by atoms with Gasteiger partial charge in [-0.1, -0.05) is 0 Å². The Bertz CT molecular complexity index is 427. The van der Waals surface area contributed by atoms with E-state index in [0.717, 1.165) is 0 Å². The summed E-state index contributed by atoms with van der Waals surface area (Å²) in [5, 5.41) is 13.9. The van der Waals surface area contributed by atoms with Crippen LogP contribution in [0.1, 0.15) is 27.7 Å². The molecule has 0 heterocycles. The van der Waals surface area contributed by atoms with Crippen molar-refractivity contribution in [2.45, 2.75) is 50.8 Å². The molecule has 8 nitrogen and oxygen atoms in total. The molecule has 0 aliphatic carbocycles. The van der Waals surface area contributed by atoms with Crippen molar-refractivity contribution in [1.29, 1.82) is 0 Å². The molecule has 0 radical (unpaired) electrons. The Morgan fingerprint density at radius 2 is 1.83 bits per heavy atom. The lowest BCUT2D eigenvalue weighted by atomic mass is 10.0. The highest BCUT2D eigenvalue weighted by Gasteiger charge is 2.34. The summed E-state index contributed by atoms with van der Waals surface area (Å²) in [5.41, 5.74) is 0. The average molecular weight is 368 g/mol. The molecule has 0 aliphatic rings. The van der Waals surface area contributed by atoms with Crippen LogP contribution >= 0.6 is 25.3 Å². The van der Waals surface area contributed by atoms with Crippen molar-refractivity contribution in [3.63, 3.8) is 0 Å². The topological polar surface area (TPSA) is 114 Å². The monoisotopic (exact) mass is 368 g/mol. The molecule has 0 aromatic heterocycles. The Kier molecular flexibility index (Phi) is 9.40. The maximum Gasteiger partial charge on any atom is 0.410 e. The van der Waals surface area contributed by atoms with E-state index < -0.39 is 29.1 Å². The van der Waals surface area contributed by atoms with E-state index in [0.29, 0.717) is 5.75 Å². The van der Waals surface area contributed by atoms with Gasteiger partial charge in [0.1, 0.15) is 6.04 Å². The van der Waals surface area contributed by atoms with E-state index >= 15 is 0 Å². The van der Waals surface area contributed by atoms with Crippen LogP contribution in [-0.2, 0) is 19.1 Å². The first-order valence-electron chi connectivity index (χ1n) is 6.89. The lowest BCUT2D eigenvalue weighted by Gasteiger charge is -2.27. The van der Waals surface area contributed by atoms with Crippen molar-refractivity contribution in [3.8, 4) is 0 Å². The van der Waals surface area contributed by atoms with Gasteiger partial charge >= 0.3 is 12.1 Å². The quantitative estimate of drug-likeness (QED) is 0.302. The normalized spacial score (nSPS) is 15.2. The fourth-order valence-corrected chi connectivity index (χ4v) is 1.93. The fraction of sp³-hybridized carbons (Fsp3) is 0.769. The van der Waals surface area contributed by atoms with Crippen molar-refractivity contribution < 1.29 is 29.0 Å². The van der Waals surface area contributed by atoms with Crippen molar-refractivity contribution in [1.82, 2.24) is 10.6 Å². The second kappa shape index (κ2) is 9.89. The number of carboxylic acid groups (broad SMARTS) is 1. The summed E-state index contributed by atoms with van der Waals surface area (Å²) < 4.78 is 9.23. The molecule has 0 aromatic carbocycles. The summed E-state index contributed by atoms with van der Waals surface area (Å²) in [6.45, 7) is 6.05. The van der Waals surface area contributed by atoms with Gasteiger partial charge in [0, 0.05) is 17.4 Å². The molecule has 10 heteroatoms. The largest absolute Gasteiger partial charge is 0.480 e. The number of rotatable bonds is 9. The zero-order valence-electron chi connectivity index (χ0n) is 13.5. The number of ether oxygens (including phenoxy) is 2. The lowest BCUT2D eigenvalue weighted by molar-refractivity contribution is -0.140. The first kappa shape index (κ1) is 21.9. The van der Waals surface area contributed by atoms with Gasteiger partial charge in [0.15, 0.2) is 0 Å². The highest BCUT2D eigenvalue weighted by atomic mass is 32.1. The van der Waals surface area contributed by atoms with Gasteiger partial charge in [-0.15, -0.1) is 0 Å². The van der Waals surface area contributed by atoms with Crippen LogP contribution in [0.15, 0.2) is 0 Å². The van der Waals surface area contributed by atoms with E-state index in [1.165, 1.54) is 13.8 Å². The first-order valence-corrected chi connectivity index (χ1v) is 7.97. The number of carbonyl (C=O) groups excluding carboxylic acids is 2. The molecule has 0 saturated carbocycles. The Labute approximate surface area is 146 Å². The lowest BCUT2D eigenvalue weighted by Crippen LogP contribution is -2.52. The van der Waals surface area contributed by atoms with E-state index in [-0.39, 0.29) is 18.6 Å². The van der Waals surface area contributed by atoms with Crippen molar-refractivity contribution in [2.24, 2.45) is 0 Å². The molecule has 0 aliphatic heterocycles. The number of carbonyl (C=O) groups is 3. The predicted molar refractivity (Wildman–Crippen MR) is 91.0 cm³/mol. The summed E-state index contributed by atoms with van der Waals surface area (Å²) in [5.74, 6) is -1.09. The number of aliphatic carboxylic acids is 1. The van der Waals surface area contributed by atoms with Crippen molar-refractivity contribution >= 4 is 43.2 Å². The van der Waals surface area contributed by atoms with Crippen molar-refractivity contribution in [2.75, 3.05) is 12.4 Å².